The van der Waals surface area contributed by atoms with Crippen molar-refractivity contribution in [3.8, 4) is 5.75 Å². The molecule has 0 spiro atoms. The van der Waals surface area contributed by atoms with Crippen LogP contribution in [0.2, 0.25) is 0 Å². The fourth-order valence-corrected chi connectivity index (χ4v) is 5.68. The summed E-state index contributed by atoms with van der Waals surface area (Å²) in [5, 5.41) is 13.1. The second-order valence-electron chi connectivity index (χ2n) is 7.48. The Morgan fingerprint density at radius 3 is 2.96 bits per heavy atom. The number of hydrogen-bond acceptors (Lipinski definition) is 6. The van der Waals surface area contributed by atoms with Gasteiger partial charge in [0.2, 0.25) is 0 Å². The van der Waals surface area contributed by atoms with Crippen molar-refractivity contribution >= 4 is 18.1 Å². The highest BCUT2D eigenvalue weighted by atomic mass is 32.2. The summed E-state index contributed by atoms with van der Waals surface area (Å²) in [4.78, 5) is 12.4. The minimum Gasteiger partial charge on any atom is -0.691 e. The Hall–Kier alpha value is -1.08. The molecule has 3 unspecified atom stereocenters. The van der Waals surface area contributed by atoms with E-state index in [4.69, 9.17) is 4.18 Å². The number of benzene rings is 1. The number of fused-ring (bicyclic) bond motifs is 5. The molecule has 5 nitrogen and oxygen atoms in total. The molecular weight excluding hydrogens is 328 g/mol. The summed E-state index contributed by atoms with van der Waals surface area (Å²) in [5.74, 6) is 2.87. The van der Waals surface area contributed by atoms with Gasteiger partial charge in [0.15, 0.2) is 0 Å². The number of hydrogen-bond donors (Lipinski definition) is 0. The molecule has 3 aliphatic rings. The Labute approximate surface area is 145 Å². The molecule has 0 bridgehead atoms. The zero-order chi connectivity index (χ0) is 16.7. The first kappa shape index (κ1) is 16.4. The zero-order valence-electron chi connectivity index (χ0n) is 13.7. The van der Waals surface area contributed by atoms with E-state index in [1.807, 2.05) is 12.1 Å². The van der Waals surface area contributed by atoms with E-state index in [0.29, 0.717) is 41.6 Å². The number of rotatable bonds is 4. The molecule has 0 heterocycles. The standard InChI is InChI=1S/C18H22O5S/c1-18-9-8-14-13-5-3-12(21-24-23-22-20)10-11(13)2-4-15(14)16(18)6-7-17(18)19/h3,5,10,14-16,20H,2,4,6-9H2,1H3/p-1/t14?,15?,16?,18-/m0/s1. The second-order valence-corrected chi connectivity index (χ2v) is 7.92. The Balaban J connectivity index is 1.56. The van der Waals surface area contributed by atoms with Crippen LogP contribution in [-0.2, 0) is 20.6 Å². The fraction of sp³-hybridized carbons (Fsp3) is 0.611. The van der Waals surface area contributed by atoms with Gasteiger partial charge in [0, 0.05) is 11.8 Å². The molecule has 0 saturated heterocycles. The van der Waals surface area contributed by atoms with E-state index >= 15 is 0 Å². The summed E-state index contributed by atoms with van der Waals surface area (Å²) in [5.41, 5.74) is 2.64. The lowest BCUT2D eigenvalue weighted by Gasteiger charge is -2.48. The molecule has 0 N–H and O–H groups in total. The first-order chi connectivity index (χ1) is 11.6. The van der Waals surface area contributed by atoms with E-state index < -0.39 is 0 Å². The number of aryl methyl sites for hydroxylation is 1. The molecule has 6 heteroatoms. The molecule has 1 aromatic rings. The second kappa shape index (κ2) is 6.33. The van der Waals surface area contributed by atoms with Gasteiger partial charge in [0.05, 0.1) is 0 Å². The lowest BCUT2D eigenvalue weighted by molar-refractivity contribution is -0.777. The third-order valence-corrected chi connectivity index (χ3v) is 6.96. The van der Waals surface area contributed by atoms with Gasteiger partial charge in [-0.05, 0) is 73.1 Å². The molecule has 3 aliphatic carbocycles. The Kier molecular flexibility index (Phi) is 4.33. The summed E-state index contributed by atoms with van der Waals surface area (Å²) >= 11 is 0.520. The van der Waals surface area contributed by atoms with Crippen molar-refractivity contribution in [1.29, 1.82) is 0 Å². The van der Waals surface area contributed by atoms with Crippen LogP contribution in [0.1, 0.15) is 56.1 Å². The Morgan fingerprint density at radius 2 is 2.12 bits per heavy atom. The van der Waals surface area contributed by atoms with E-state index in [1.54, 1.807) is 0 Å². The van der Waals surface area contributed by atoms with Gasteiger partial charge in [-0.25, -0.2) is 0 Å². The number of carbonyl (C=O) groups excluding carboxylic acids is 1. The predicted octanol–water partition coefficient (Wildman–Crippen LogP) is 3.28. The van der Waals surface area contributed by atoms with Crippen LogP contribution in [-0.4, -0.2) is 5.78 Å². The van der Waals surface area contributed by atoms with Crippen LogP contribution in [0.3, 0.4) is 0 Å². The number of Topliss-reactive ketones (excluding diaryl/α,β-unsaturated/α-hetero) is 1. The van der Waals surface area contributed by atoms with Gasteiger partial charge in [-0.2, -0.15) is 0 Å². The molecule has 0 aliphatic heterocycles. The van der Waals surface area contributed by atoms with E-state index in [1.165, 1.54) is 11.1 Å². The van der Waals surface area contributed by atoms with E-state index in [0.717, 1.165) is 38.5 Å². The van der Waals surface area contributed by atoms with Crippen LogP contribution in [0.4, 0.5) is 0 Å². The topological polar surface area (TPSA) is 67.8 Å². The van der Waals surface area contributed by atoms with Gasteiger partial charge >= 0.3 is 0 Å². The normalized spacial score (nSPS) is 34.4. The molecule has 2 fully saturated rings. The molecule has 0 aromatic heterocycles. The van der Waals surface area contributed by atoms with Crippen molar-refractivity contribution in [2.45, 2.75) is 51.4 Å². The van der Waals surface area contributed by atoms with E-state index in [9.17, 15) is 10.1 Å². The Morgan fingerprint density at radius 1 is 1.25 bits per heavy atom. The lowest BCUT2D eigenvalue weighted by atomic mass is 9.55. The quantitative estimate of drug-likeness (QED) is 0.360. The maximum atomic E-state index is 12.4. The van der Waals surface area contributed by atoms with Gasteiger partial charge in [-0.15, -0.1) is 4.33 Å². The third kappa shape index (κ3) is 2.56. The molecule has 0 amide bonds. The largest absolute Gasteiger partial charge is 0.691 e. The number of carbonyl (C=O) groups is 1. The van der Waals surface area contributed by atoms with Crippen LogP contribution in [0.15, 0.2) is 18.2 Å². The molecular formula is C18H21O5S-. The van der Waals surface area contributed by atoms with Crippen molar-refractivity contribution in [3.05, 3.63) is 29.3 Å². The molecule has 4 atom stereocenters. The molecule has 130 valence electrons. The van der Waals surface area contributed by atoms with Crippen LogP contribution < -0.4 is 9.44 Å². The van der Waals surface area contributed by atoms with Gasteiger partial charge in [0.1, 0.15) is 11.5 Å². The molecule has 2 saturated carbocycles. The molecule has 24 heavy (non-hydrogen) atoms. The fourth-order valence-electron chi connectivity index (χ4n) is 5.45. The van der Waals surface area contributed by atoms with Crippen LogP contribution in [0.5, 0.6) is 5.75 Å². The smallest absolute Gasteiger partial charge is 0.257 e. The van der Waals surface area contributed by atoms with E-state index in [2.05, 4.69) is 22.4 Å². The first-order valence-corrected chi connectivity index (χ1v) is 9.26. The van der Waals surface area contributed by atoms with E-state index in [-0.39, 0.29) is 5.41 Å². The van der Waals surface area contributed by atoms with Gasteiger partial charge < -0.3 is 9.44 Å². The summed E-state index contributed by atoms with van der Waals surface area (Å²) < 4.78 is 9.42. The van der Waals surface area contributed by atoms with Crippen LogP contribution in [0, 0.1) is 17.3 Å². The van der Waals surface area contributed by atoms with Crippen LogP contribution in [0.25, 0.3) is 0 Å². The molecule has 4 rings (SSSR count). The van der Waals surface area contributed by atoms with Crippen molar-refractivity contribution < 1.29 is 23.6 Å². The third-order valence-electron chi connectivity index (χ3n) is 6.59. The highest BCUT2D eigenvalue weighted by Gasteiger charge is 2.54. The van der Waals surface area contributed by atoms with Crippen molar-refractivity contribution in [3.63, 3.8) is 0 Å². The maximum Gasteiger partial charge on any atom is 0.257 e. The SMILES string of the molecule is C[C@]12CCC3c4ccc(OSOO[O-])cc4CCC3C1CCC2=O. The number of ketones is 1. The predicted molar refractivity (Wildman–Crippen MR) is 86.5 cm³/mol. The highest BCUT2D eigenvalue weighted by Crippen LogP contribution is 2.59. The average molecular weight is 349 g/mol. The van der Waals surface area contributed by atoms with Crippen molar-refractivity contribution in [2.24, 2.45) is 17.3 Å². The monoisotopic (exact) mass is 349 g/mol. The van der Waals surface area contributed by atoms with Gasteiger partial charge in [0.25, 0.3) is 12.3 Å². The van der Waals surface area contributed by atoms with Crippen molar-refractivity contribution in [2.75, 3.05) is 0 Å². The summed E-state index contributed by atoms with van der Waals surface area (Å²) in [6.45, 7) is 2.20. The van der Waals surface area contributed by atoms with Gasteiger partial charge in [-0.3, -0.25) is 9.83 Å². The zero-order valence-corrected chi connectivity index (χ0v) is 14.5. The molecule has 1 aromatic carbocycles. The summed E-state index contributed by atoms with van der Waals surface area (Å²) in [6.07, 6.45) is 6.09. The highest BCUT2D eigenvalue weighted by molar-refractivity contribution is 7.90. The first-order valence-electron chi connectivity index (χ1n) is 8.59. The van der Waals surface area contributed by atoms with Crippen molar-refractivity contribution in [1.82, 2.24) is 0 Å². The summed E-state index contributed by atoms with van der Waals surface area (Å²) in [7, 11) is 0. The van der Waals surface area contributed by atoms with Crippen LogP contribution >= 0.6 is 12.3 Å². The minimum atomic E-state index is -0.0754. The molecule has 0 radical (unpaired) electrons. The lowest BCUT2D eigenvalue weighted by Crippen LogP contribution is -2.42. The summed E-state index contributed by atoms with van der Waals surface area (Å²) in [6, 6.07) is 6.08. The maximum absolute atomic E-state index is 12.4. The Bertz CT molecular complexity index is 648. The average Bonchev–Trinajstić information content (AvgIpc) is 2.90. The minimum absolute atomic E-state index is 0.0754. The van der Waals surface area contributed by atoms with Gasteiger partial charge in [-0.1, -0.05) is 13.0 Å².